The summed E-state index contributed by atoms with van der Waals surface area (Å²) in [6.07, 6.45) is 9.16. The summed E-state index contributed by atoms with van der Waals surface area (Å²) in [5, 5.41) is 31.6. The highest BCUT2D eigenvalue weighted by atomic mass is 16.3. The highest BCUT2D eigenvalue weighted by Crippen LogP contribution is 2.64. The number of fused-ring (bicyclic) bond motifs is 5. The SMILES string of the molecule is C#C[C@@]1(O)CC[C@H]2[C@H]3CCc4cc(O)ccc4[C@H]3[C@@H](O)C[C@]21C. The van der Waals surface area contributed by atoms with Crippen LogP contribution in [0.25, 0.3) is 0 Å². The number of aryl methyl sites for hydroxylation is 1. The number of terminal acetylenes is 1. The van der Waals surface area contributed by atoms with E-state index in [9.17, 15) is 15.3 Å². The van der Waals surface area contributed by atoms with E-state index in [0.29, 0.717) is 30.4 Å². The first kappa shape index (κ1) is 15.1. The van der Waals surface area contributed by atoms with E-state index < -0.39 is 17.1 Å². The van der Waals surface area contributed by atoms with Crippen LogP contribution in [0.15, 0.2) is 18.2 Å². The normalized spacial score (nSPS) is 44.8. The largest absolute Gasteiger partial charge is 0.508 e. The molecule has 122 valence electrons. The minimum Gasteiger partial charge on any atom is -0.508 e. The molecule has 1 aromatic carbocycles. The fraction of sp³-hybridized carbons (Fsp3) is 0.600. The molecule has 2 fully saturated rings. The first-order chi connectivity index (χ1) is 10.9. The van der Waals surface area contributed by atoms with Gasteiger partial charge in [0.05, 0.1) is 6.10 Å². The zero-order chi connectivity index (χ0) is 16.4. The van der Waals surface area contributed by atoms with Gasteiger partial charge in [0.2, 0.25) is 0 Å². The first-order valence-electron chi connectivity index (χ1n) is 8.59. The second-order valence-electron chi connectivity index (χ2n) is 7.95. The zero-order valence-corrected chi connectivity index (χ0v) is 13.5. The summed E-state index contributed by atoms with van der Waals surface area (Å²) < 4.78 is 0. The molecule has 3 heteroatoms. The molecule has 23 heavy (non-hydrogen) atoms. The van der Waals surface area contributed by atoms with Gasteiger partial charge in [0.15, 0.2) is 0 Å². The molecule has 3 aliphatic carbocycles. The molecule has 3 aliphatic rings. The minimum absolute atomic E-state index is 0.0950. The lowest BCUT2D eigenvalue weighted by molar-refractivity contribution is -0.107. The minimum atomic E-state index is -1.10. The van der Waals surface area contributed by atoms with E-state index in [1.165, 1.54) is 5.56 Å². The molecule has 0 aliphatic heterocycles. The average molecular weight is 312 g/mol. The number of hydrogen-bond acceptors (Lipinski definition) is 3. The van der Waals surface area contributed by atoms with Gasteiger partial charge in [-0.3, -0.25) is 0 Å². The van der Waals surface area contributed by atoms with Crippen molar-refractivity contribution in [3.8, 4) is 18.1 Å². The predicted molar refractivity (Wildman–Crippen MR) is 87.9 cm³/mol. The Bertz CT molecular complexity index is 691. The summed E-state index contributed by atoms with van der Waals surface area (Å²) in [4.78, 5) is 0. The molecule has 3 N–H and O–H groups in total. The summed E-state index contributed by atoms with van der Waals surface area (Å²) >= 11 is 0. The maximum Gasteiger partial charge on any atom is 0.130 e. The van der Waals surface area contributed by atoms with Gasteiger partial charge in [0.1, 0.15) is 11.4 Å². The van der Waals surface area contributed by atoms with Crippen LogP contribution in [-0.4, -0.2) is 27.0 Å². The van der Waals surface area contributed by atoms with Gasteiger partial charge in [0, 0.05) is 11.3 Å². The van der Waals surface area contributed by atoms with Crippen molar-refractivity contribution in [2.24, 2.45) is 17.3 Å². The summed E-state index contributed by atoms with van der Waals surface area (Å²) in [5.74, 6) is 3.72. The van der Waals surface area contributed by atoms with Crippen molar-refractivity contribution in [3.05, 3.63) is 29.3 Å². The Kier molecular flexibility index (Phi) is 3.11. The Hall–Kier alpha value is -1.50. The lowest BCUT2D eigenvalue weighted by Crippen LogP contribution is -2.54. The van der Waals surface area contributed by atoms with Gasteiger partial charge in [-0.2, -0.15) is 0 Å². The van der Waals surface area contributed by atoms with Crippen LogP contribution in [0.5, 0.6) is 5.75 Å². The molecule has 0 bridgehead atoms. The Labute approximate surface area is 137 Å². The van der Waals surface area contributed by atoms with Crippen LogP contribution in [0.2, 0.25) is 0 Å². The Morgan fingerprint density at radius 2 is 2.09 bits per heavy atom. The summed E-state index contributed by atoms with van der Waals surface area (Å²) in [7, 11) is 0. The molecule has 0 heterocycles. The fourth-order valence-corrected chi connectivity index (χ4v) is 5.89. The molecule has 0 amide bonds. The van der Waals surface area contributed by atoms with E-state index in [0.717, 1.165) is 24.8 Å². The van der Waals surface area contributed by atoms with Crippen molar-refractivity contribution < 1.29 is 15.3 Å². The van der Waals surface area contributed by atoms with Gasteiger partial charge in [-0.1, -0.05) is 18.9 Å². The van der Waals surface area contributed by atoms with Crippen LogP contribution in [-0.2, 0) is 6.42 Å². The van der Waals surface area contributed by atoms with Crippen LogP contribution in [0.4, 0.5) is 0 Å². The number of hydrogen-bond donors (Lipinski definition) is 3. The van der Waals surface area contributed by atoms with Gasteiger partial charge in [-0.15, -0.1) is 6.42 Å². The maximum absolute atomic E-state index is 10.9. The van der Waals surface area contributed by atoms with Crippen molar-refractivity contribution in [2.75, 3.05) is 0 Å². The number of aliphatic hydroxyl groups excluding tert-OH is 1. The second kappa shape index (κ2) is 4.75. The van der Waals surface area contributed by atoms with E-state index >= 15 is 0 Å². The van der Waals surface area contributed by atoms with Crippen LogP contribution >= 0.6 is 0 Å². The van der Waals surface area contributed by atoms with Crippen LogP contribution in [0.3, 0.4) is 0 Å². The number of phenolic OH excluding ortho intramolecular Hbond substituents is 1. The quantitative estimate of drug-likeness (QED) is 0.645. The van der Waals surface area contributed by atoms with Crippen molar-refractivity contribution in [1.29, 1.82) is 0 Å². The topological polar surface area (TPSA) is 60.7 Å². The number of rotatable bonds is 0. The van der Waals surface area contributed by atoms with E-state index in [1.807, 2.05) is 12.1 Å². The summed E-state index contributed by atoms with van der Waals surface area (Å²) in [6, 6.07) is 5.52. The average Bonchev–Trinajstić information content (AvgIpc) is 2.78. The molecule has 3 nitrogen and oxygen atoms in total. The monoisotopic (exact) mass is 312 g/mol. The molecule has 0 saturated heterocycles. The van der Waals surface area contributed by atoms with Crippen molar-refractivity contribution in [1.82, 2.24) is 0 Å². The highest BCUT2D eigenvalue weighted by Gasteiger charge is 2.63. The molecular weight excluding hydrogens is 288 g/mol. The molecule has 1 aromatic rings. The number of benzene rings is 1. The van der Waals surface area contributed by atoms with Crippen molar-refractivity contribution in [3.63, 3.8) is 0 Å². The molecular formula is C20H24O3. The van der Waals surface area contributed by atoms with Crippen LogP contribution in [0, 0.1) is 29.6 Å². The molecule has 0 spiro atoms. The third kappa shape index (κ3) is 1.86. The van der Waals surface area contributed by atoms with Gasteiger partial charge in [-0.05, 0) is 67.2 Å². The van der Waals surface area contributed by atoms with Crippen LogP contribution in [0.1, 0.15) is 49.7 Å². The Balaban J connectivity index is 1.77. The fourth-order valence-electron chi connectivity index (χ4n) is 5.89. The Morgan fingerprint density at radius 1 is 1.30 bits per heavy atom. The smallest absolute Gasteiger partial charge is 0.130 e. The summed E-state index contributed by atoms with van der Waals surface area (Å²) in [6.45, 7) is 2.07. The van der Waals surface area contributed by atoms with E-state index in [1.54, 1.807) is 6.07 Å². The highest BCUT2D eigenvalue weighted by molar-refractivity contribution is 5.41. The third-order valence-electron chi connectivity index (χ3n) is 7.08. The molecule has 4 rings (SSSR count). The number of aliphatic hydroxyl groups is 2. The number of phenols is 1. The molecule has 0 unspecified atom stereocenters. The van der Waals surface area contributed by atoms with Gasteiger partial charge in [-0.25, -0.2) is 0 Å². The van der Waals surface area contributed by atoms with Gasteiger partial charge < -0.3 is 15.3 Å². The lowest BCUT2D eigenvalue weighted by atomic mass is 9.52. The lowest BCUT2D eigenvalue weighted by Gasteiger charge is -2.54. The zero-order valence-electron chi connectivity index (χ0n) is 13.5. The Morgan fingerprint density at radius 3 is 2.83 bits per heavy atom. The first-order valence-corrected chi connectivity index (χ1v) is 8.59. The maximum atomic E-state index is 10.9. The second-order valence-corrected chi connectivity index (χ2v) is 7.95. The number of aromatic hydroxyl groups is 1. The van der Waals surface area contributed by atoms with Crippen LogP contribution < -0.4 is 0 Å². The molecule has 6 atom stereocenters. The predicted octanol–water partition coefficient (Wildman–Crippen LogP) is 2.58. The molecule has 0 aromatic heterocycles. The molecule has 0 radical (unpaired) electrons. The van der Waals surface area contributed by atoms with Crippen molar-refractivity contribution in [2.45, 2.75) is 56.7 Å². The third-order valence-corrected chi connectivity index (χ3v) is 7.08. The van der Waals surface area contributed by atoms with Crippen molar-refractivity contribution >= 4 is 0 Å². The van der Waals surface area contributed by atoms with Gasteiger partial charge in [0.25, 0.3) is 0 Å². The van der Waals surface area contributed by atoms with E-state index in [4.69, 9.17) is 6.42 Å². The van der Waals surface area contributed by atoms with Gasteiger partial charge >= 0.3 is 0 Å². The standard InChI is InChI=1S/C20H24O3/c1-3-20(23)9-8-16-15-6-4-12-10-13(21)5-7-14(12)18(15)17(22)11-19(16,20)2/h1,5,7,10,15-18,21-23H,4,6,8-9,11H2,2H3/t15-,16+,17+,18-,19-,20-/m1/s1. The molecule has 2 saturated carbocycles. The van der Waals surface area contributed by atoms with E-state index in [2.05, 4.69) is 12.8 Å². The summed E-state index contributed by atoms with van der Waals surface area (Å²) in [5.41, 5.74) is 0.819. The van der Waals surface area contributed by atoms with E-state index in [-0.39, 0.29) is 5.92 Å².